The summed E-state index contributed by atoms with van der Waals surface area (Å²) in [5.41, 5.74) is 1.74. The summed E-state index contributed by atoms with van der Waals surface area (Å²) in [5, 5.41) is 5.34. The van der Waals surface area contributed by atoms with Crippen LogP contribution in [-0.2, 0) is 11.8 Å². The smallest absolute Gasteiger partial charge is 0.165 e. The van der Waals surface area contributed by atoms with Crippen molar-refractivity contribution in [3.63, 3.8) is 0 Å². The van der Waals surface area contributed by atoms with Crippen LogP contribution in [-0.4, -0.2) is 51.0 Å². The normalized spacial score (nSPS) is 17.1. The molecule has 3 aromatic rings. The lowest BCUT2D eigenvalue weighted by atomic mass is 10.1. The van der Waals surface area contributed by atoms with E-state index in [2.05, 4.69) is 22.0 Å². The Kier molecular flexibility index (Phi) is 4.79. The summed E-state index contributed by atoms with van der Waals surface area (Å²) >= 11 is 0. The number of ether oxygens (including phenoxy) is 1. The monoisotopic (exact) mass is 352 g/mol. The highest BCUT2D eigenvalue weighted by Crippen LogP contribution is 2.27. The van der Waals surface area contributed by atoms with E-state index in [1.807, 2.05) is 25.4 Å². The fourth-order valence-corrected chi connectivity index (χ4v) is 3.46. The van der Waals surface area contributed by atoms with Crippen LogP contribution in [0, 0.1) is 0 Å². The molecule has 0 aliphatic carbocycles. The predicted octanol–water partition coefficient (Wildman–Crippen LogP) is 2.82. The molecule has 136 valence electrons. The number of aryl methyl sites for hydroxylation is 1. The first-order valence-corrected chi connectivity index (χ1v) is 9.15. The molecule has 0 aromatic carbocycles. The van der Waals surface area contributed by atoms with E-state index in [1.165, 1.54) is 12.8 Å². The Morgan fingerprint density at radius 2 is 2.23 bits per heavy atom. The van der Waals surface area contributed by atoms with Gasteiger partial charge in [-0.1, -0.05) is 0 Å². The quantitative estimate of drug-likeness (QED) is 0.679. The lowest BCUT2D eigenvalue weighted by molar-refractivity contribution is 0.103. The third kappa shape index (κ3) is 3.39. The highest BCUT2D eigenvalue weighted by atomic mass is 16.5. The van der Waals surface area contributed by atoms with Gasteiger partial charge in [-0.05, 0) is 37.8 Å². The first-order chi connectivity index (χ1) is 12.7. The minimum Gasteiger partial charge on any atom is -0.378 e. The van der Waals surface area contributed by atoms with E-state index in [9.17, 15) is 0 Å². The zero-order valence-electron chi connectivity index (χ0n) is 15.3. The molecular weight excluding hydrogens is 328 g/mol. The maximum atomic E-state index is 5.73. The number of aromatic nitrogens is 5. The molecule has 0 N–H and O–H groups in total. The van der Waals surface area contributed by atoms with E-state index in [4.69, 9.17) is 14.7 Å². The van der Waals surface area contributed by atoms with Gasteiger partial charge >= 0.3 is 0 Å². The molecule has 0 unspecified atom stereocenters. The van der Waals surface area contributed by atoms with Crippen LogP contribution < -0.4 is 4.90 Å². The van der Waals surface area contributed by atoms with Crippen molar-refractivity contribution in [1.82, 2.24) is 24.7 Å². The Balaban J connectivity index is 1.60. The average molecular weight is 352 g/mol. The summed E-state index contributed by atoms with van der Waals surface area (Å²) < 4.78 is 7.52. The van der Waals surface area contributed by atoms with Crippen LogP contribution in [0.3, 0.4) is 0 Å². The highest BCUT2D eigenvalue weighted by molar-refractivity contribution is 5.88. The number of anilines is 1. The molecule has 3 aromatic heterocycles. The van der Waals surface area contributed by atoms with Gasteiger partial charge in [0.25, 0.3) is 0 Å². The van der Waals surface area contributed by atoms with Gasteiger partial charge in [-0.25, -0.2) is 9.97 Å². The van der Waals surface area contributed by atoms with Gasteiger partial charge in [0.15, 0.2) is 11.5 Å². The molecule has 1 aliphatic heterocycles. The Morgan fingerprint density at radius 1 is 1.31 bits per heavy atom. The first-order valence-electron chi connectivity index (χ1n) is 9.15. The zero-order valence-corrected chi connectivity index (χ0v) is 15.3. The molecule has 4 rings (SSSR count). The Bertz CT molecular complexity index is 872. The molecule has 1 saturated heterocycles. The molecule has 4 heterocycles. The third-order valence-electron chi connectivity index (χ3n) is 4.90. The van der Waals surface area contributed by atoms with Gasteiger partial charge in [-0.15, -0.1) is 0 Å². The fourth-order valence-electron chi connectivity index (χ4n) is 3.46. The van der Waals surface area contributed by atoms with Gasteiger partial charge < -0.3 is 9.64 Å². The molecule has 1 atom stereocenters. The van der Waals surface area contributed by atoms with Gasteiger partial charge in [0.2, 0.25) is 0 Å². The lowest BCUT2D eigenvalue weighted by Crippen LogP contribution is -2.22. The minimum absolute atomic E-state index is 0.429. The van der Waals surface area contributed by atoms with Crippen molar-refractivity contribution in [1.29, 1.82) is 0 Å². The van der Waals surface area contributed by atoms with Crippen molar-refractivity contribution < 1.29 is 4.74 Å². The van der Waals surface area contributed by atoms with Crippen LogP contribution in [0.2, 0.25) is 0 Å². The van der Waals surface area contributed by atoms with Gasteiger partial charge in [-0.2, -0.15) is 5.10 Å². The zero-order chi connectivity index (χ0) is 17.9. The lowest BCUT2D eigenvalue weighted by Gasteiger charge is -2.20. The standard InChI is InChI=1S/C19H24N6O/c1-24(10-4-7-15-8-5-11-26-15)18-16-13-21-25(2)19(16)23-17(22-18)14-6-3-9-20-12-14/h3,6,9,12-13,15H,4-5,7-8,10-11H2,1-2H3/t15-/m0/s1. The predicted molar refractivity (Wildman–Crippen MR) is 101 cm³/mol. The second kappa shape index (κ2) is 7.37. The summed E-state index contributed by atoms with van der Waals surface area (Å²) in [6.07, 6.45) is 10.4. The van der Waals surface area contributed by atoms with Crippen LogP contribution in [0.25, 0.3) is 22.4 Å². The molecular formula is C19H24N6O. The second-order valence-corrected chi connectivity index (χ2v) is 6.82. The van der Waals surface area contributed by atoms with Gasteiger partial charge in [-0.3, -0.25) is 9.67 Å². The molecule has 1 aliphatic rings. The molecule has 1 fully saturated rings. The van der Waals surface area contributed by atoms with Crippen molar-refractivity contribution >= 4 is 16.9 Å². The van der Waals surface area contributed by atoms with Crippen LogP contribution in [0.5, 0.6) is 0 Å². The van der Waals surface area contributed by atoms with E-state index in [0.717, 1.165) is 48.4 Å². The Morgan fingerprint density at radius 3 is 3.00 bits per heavy atom. The third-order valence-corrected chi connectivity index (χ3v) is 4.90. The SMILES string of the molecule is CN(CCC[C@H]1CCCO1)c1nc(-c2cccnc2)nc2c1cnn2C. The van der Waals surface area contributed by atoms with Crippen molar-refractivity contribution in [2.45, 2.75) is 31.8 Å². The molecule has 0 saturated carbocycles. The number of hydrogen-bond acceptors (Lipinski definition) is 6. The maximum Gasteiger partial charge on any atom is 0.165 e. The number of fused-ring (bicyclic) bond motifs is 1. The van der Waals surface area contributed by atoms with Crippen LogP contribution in [0.15, 0.2) is 30.7 Å². The van der Waals surface area contributed by atoms with Crippen LogP contribution >= 0.6 is 0 Å². The topological polar surface area (TPSA) is 69.0 Å². The molecule has 0 spiro atoms. The summed E-state index contributed by atoms with van der Waals surface area (Å²) in [5.74, 6) is 1.59. The number of hydrogen-bond donors (Lipinski definition) is 0. The summed E-state index contributed by atoms with van der Waals surface area (Å²) in [6.45, 7) is 1.84. The molecule has 0 radical (unpaired) electrons. The summed E-state index contributed by atoms with van der Waals surface area (Å²) in [7, 11) is 3.99. The molecule has 7 nitrogen and oxygen atoms in total. The first kappa shape index (κ1) is 16.9. The van der Waals surface area contributed by atoms with Crippen LogP contribution in [0.4, 0.5) is 5.82 Å². The highest BCUT2D eigenvalue weighted by Gasteiger charge is 2.18. The molecule has 26 heavy (non-hydrogen) atoms. The van der Waals surface area contributed by atoms with E-state index < -0.39 is 0 Å². The largest absolute Gasteiger partial charge is 0.378 e. The van der Waals surface area contributed by atoms with E-state index in [0.29, 0.717) is 11.9 Å². The van der Waals surface area contributed by atoms with Crippen molar-refractivity contribution in [3.05, 3.63) is 30.7 Å². The molecule has 0 amide bonds. The number of rotatable bonds is 6. The number of nitrogens with zero attached hydrogens (tertiary/aromatic N) is 6. The summed E-state index contributed by atoms with van der Waals surface area (Å²) in [4.78, 5) is 15.9. The molecule has 0 bridgehead atoms. The van der Waals surface area contributed by atoms with Crippen molar-refractivity contribution in [2.24, 2.45) is 7.05 Å². The Labute approximate surface area is 153 Å². The average Bonchev–Trinajstić information content (AvgIpc) is 3.32. The van der Waals surface area contributed by atoms with Crippen LogP contribution in [0.1, 0.15) is 25.7 Å². The van der Waals surface area contributed by atoms with Crippen molar-refractivity contribution in [3.8, 4) is 11.4 Å². The minimum atomic E-state index is 0.429. The van der Waals surface area contributed by atoms with E-state index >= 15 is 0 Å². The van der Waals surface area contributed by atoms with E-state index in [-0.39, 0.29) is 0 Å². The number of pyridine rings is 1. The maximum absolute atomic E-state index is 5.73. The Hall–Kier alpha value is -2.54. The van der Waals surface area contributed by atoms with E-state index in [1.54, 1.807) is 17.1 Å². The molecule has 7 heteroatoms. The van der Waals surface area contributed by atoms with Gasteiger partial charge in [0.05, 0.1) is 17.7 Å². The second-order valence-electron chi connectivity index (χ2n) is 6.82. The summed E-state index contributed by atoms with van der Waals surface area (Å²) in [6, 6.07) is 3.88. The van der Waals surface area contributed by atoms with Crippen molar-refractivity contribution in [2.75, 3.05) is 25.1 Å². The fraction of sp³-hybridized carbons (Fsp3) is 0.474. The van der Waals surface area contributed by atoms with Gasteiger partial charge in [0, 0.05) is 45.2 Å². The van der Waals surface area contributed by atoms with Gasteiger partial charge in [0.1, 0.15) is 5.82 Å².